The van der Waals surface area contributed by atoms with Gasteiger partial charge in [-0.2, -0.15) is 0 Å². The Kier molecular flexibility index (Phi) is 12.4. The van der Waals surface area contributed by atoms with Crippen molar-refractivity contribution in [2.24, 2.45) is 0 Å². The van der Waals surface area contributed by atoms with Gasteiger partial charge in [0.15, 0.2) is 0 Å². The number of pyridine rings is 1. The molecule has 8 rings (SSSR count). The van der Waals surface area contributed by atoms with Crippen LogP contribution < -0.4 is 20.7 Å². The summed E-state index contributed by atoms with van der Waals surface area (Å²) in [5.74, 6) is -1.16. The number of anilines is 1. The van der Waals surface area contributed by atoms with Gasteiger partial charge in [-0.15, -0.1) is 0 Å². The van der Waals surface area contributed by atoms with Gasteiger partial charge in [0.1, 0.15) is 17.9 Å². The summed E-state index contributed by atoms with van der Waals surface area (Å²) < 4.78 is 13.1. The van der Waals surface area contributed by atoms with Crippen LogP contribution in [0.3, 0.4) is 0 Å². The standard InChI is InChI=1S/C49H48N6O9/c1-48(53-46(59)52-33-17-19-34(20-18-33)55(61)62,45(58)51-31-49(24-9-2-10-25-49)43-22-21-35(28-50-43)63-26-23-44(56)57)27-32-29-54(42-16-8-7-11-36(32)42)47(60)64-30-41-39-14-5-3-12-37(39)38-13-4-6-15-40(38)41/h3-8,11-22,28-29,41H,2,9-10,23-27,30-31H2,1H3,(H,51,58)(H,56,57)(H2,52,53,59). The zero-order chi connectivity index (χ0) is 44.8. The number of rotatable bonds is 15. The molecule has 1 unspecified atom stereocenters. The predicted molar refractivity (Wildman–Crippen MR) is 240 cm³/mol. The highest BCUT2D eigenvalue weighted by Crippen LogP contribution is 2.45. The Hall–Kier alpha value is -7.55. The van der Waals surface area contributed by atoms with E-state index in [4.69, 9.17) is 19.6 Å². The second-order valence-corrected chi connectivity index (χ2v) is 16.6. The summed E-state index contributed by atoms with van der Waals surface area (Å²) in [4.78, 5) is 69.0. The van der Waals surface area contributed by atoms with E-state index >= 15 is 0 Å². The molecule has 4 N–H and O–H groups in total. The Morgan fingerprint density at radius 2 is 1.56 bits per heavy atom. The van der Waals surface area contributed by atoms with E-state index in [-0.39, 0.29) is 49.9 Å². The first-order valence-corrected chi connectivity index (χ1v) is 21.3. The minimum absolute atomic E-state index is 0.00523. The molecular weight excluding hydrogens is 817 g/mol. The summed E-state index contributed by atoms with van der Waals surface area (Å²) in [6.07, 6.45) is 6.79. The Bertz CT molecular complexity index is 2660. The average molecular weight is 865 g/mol. The number of carboxylic acid groups (broad SMARTS) is 1. The topological polar surface area (TPSA) is 204 Å². The number of ether oxygens (including phenoxy) is 2. The number of nitrogens with one attached hydrogen (secondary N) is 3. The molecule has 0 radical (unpaired) electrons. The lowest BCUT2D eigenvalue weighted by Gasteiger charge is -2.38. The third-order valence-corrected chi connectivity index (χ3v) is 12.4. The number of urea groups is 1. The van der Waals surface area contributed by atoms with Crippen LogP contribution in [0.5, 0.6) is 5.75 Å². The van der Waals surface area contributed by atoms with Crippen LogP contribution in [0.25, 0.3) is 22.0 Å². The fourth-order valence-corrected chi connectivity index (χ4v) is 9.08. The van der Waals surface area contributed by atoms with Gasteiger partial charge in [0, 0.05) is 59.4 Å². The van der Waals surface area contributed by atoms with Crippen LogP contribution >= 0.6 is 0 Å². The minimum atomic E-state index is -1.61. The summed E-state index contributed by atoms with van der Waals surface area (Å²) >= 11 is 0. The maximum atomic E-state index is 14.7. The van der Waals surface area contributed by atoms with Crippen molar-refractivity contribution in [3.63, 3.8) is 0 Å². The van der Waals surface area contributed by atoms with Crippen molar-refractivity contribution in [1.82, 2.24) is 20.2 Å². The number of aliphatic carboxylic acids is 1. The maximum Gasteiger partial charge on any atom is 0.418 e. The van der Waals surface area contributed by atoms with Gasteiger partial charge in [-0.3, -0.25) is 29.3 Å². The molecule has 0 aliphatic heterocycles. The Morgan fingerprint density at radius 3 is 2.22 bits per heavy atom. The van der Waals surface area contributed by atoms with Gasteiger partial charge < -0.3 is 30.5 Å². The minimum Gasteiger partial charge on any atom is -0.491 e. The molecule has 2 aromatic heterocycles. The van der Waals surface area contributed by atoms with E-state index in [1.807, 2.05) is 48.5 Å². The highest BCUT2D eigenvalue weighted by atomic mass is 16.6. The number of nitro benzene ring substituents is 1. The smallest absolute Gasteiger partial charge is 0.418 e. The van der Waals surface area contributed by atoms with Gasteiger partial charge in [0.2, 0.25) is 5.91 Å². The number of nitrogens with zero attached hydrogens (tertiary/aromatic N) is 3. The molecule has 15 heteroatoms. The molecule has 1 fully saturated rings. The number of hydrogen-bond acceptors (Lipinski definition) is 9. The number of carboxylic acids is 1. The van der Waals surface area contributed by atoms with Crippen LogP contribution in [0.1, 0.15) is 73.8 Å². The number of non-ortho nitro benzene ring substituents is 1. The number of hydrogen-bond donors (Lipinski definition) is 4. The molecule has 328 valence electrons. The van der Waals surface area contributed by atoms with Crippen molar-refractivity contribution in [3.05, 3.63) is 154 Å². The van der Waals surface area contributed by atoms with Gasteiger partial charge >= 0.3 is 18.1 Å². The summed E-state index contributed by atoms with van der Waals surface area (Å²) in [6.45, 7) is 1.94. The molecular formula is C49H48N6O9. The maximum absolute atomic E-state index is 14.7. The van der Waals surface area contributed by atoms with Crippen LogP contribution in [0.15, 0.2) is 122 Å². The van der Waals surface area contributed by atoms with Crippen molar-refractivity contribution in [2.45, 2.75) is 68.7 Å². The summed E-state index contributed by atoms with van der Waals surface area (Å²) in [7, 11) is 0. The zero-order valence-electron chi connectivity index (χ0n) is 35.3. The van der Waals surface area contributed by atoms with Crippen molar-refractivity contribution in [3.8, 4) is 16.9 Å². The molecule has 0 saturated heterocycles. The normalized spacial score (nSPS) is 15.0. The number of nitro groups is 1. The molecule has 0 bridgehead atoms. The van der Waals surface area contributed by atoms with Gasteiger partial charge in [0.05, 0.1) is 29.7 Å². The van der Waals surface area contributed by atoms with Crippen molar-refractivity contribution >= 4 is 46.3 Å². The number of carbonyl (C=O) groups excluding carboxylic acids is 3. The molecule has 6 aromatic rings. The molecule has 2 aliphatic carbocycles. The number of fused-ring (bicyclic) bond motifs is 4. The highest BCUT2D eigenvalue weighted by Gasteiger charge is 2.41. The van der Waals surface area contributed by atoms with E-state index in [0.29, 0.717) is 22.2 Å². The third-order valence-electron chi connectivity index (χ3n) is 12.4. The fraction of sp³-hybridized carbons (Fsp3) is 0.286. The van der Waals surface area contributed by atoms with Crippen LogP contribution in [-0.2, 0) is 26.2 Å². The second kappa shape index (κ2) is 18.4. The first kappa shape index (κ1) is 43.1. The van der Waals surface area contributed by atoms with Crippen LogP contribution in [-0.4, -0.2) is 68.9 Å². The first-order valence-electron chi connectivity index (χ1n) is 21.3. The Morgan fingerprint density at radius 1 is 0.891 bits per heavy atom. The van der Waals surface area contributed by atoms with E-state index in [1.54, 1.807) is 31.5 Å². The summed E-state index contributed by atoms with van der Waals surface area (Å²) in [5.41, 5.74) is 4.31. The highest BCUT2D eigenvalue weighted by molar-refractivity contribution is 5.97. The third kappa shape index (κ3) is 9.14. The SMILES string of the molecule is CC(Cc1cn(C(=O)OCC2c3ccccc3-c3ccccc32)c2ccccc12)(NC(=O)Nc1ccc([N+](=O)[O-])cc1)C(=O)NCC1(c2ccc(OCCC(=O)O)cn2)CCCCC1. The molecule has 1 saturated carbocycles. The number of amides is 3. The lowest BCUT2D eigenvalue weighted by Crippen LogP contribution is -2.60. The van der Waals surface area contributed by atoms with Crippen LogP contribution in [0, 0.1) is 10.1 Å². The number of para-hydroxylation sites is 1. The quantitative estimate of drug-likeness (QED) is 0.0571. The Labute approximate surface area is 369 Å². The zero-order valence-corrected chi connectivity index (χ0v) is 35.3. The van der Waals surface area contributed by atoms with Crippen molar-refractivity contribution < 1.29 is 38.7 Å². The summed E-state index contributed by atoms with van der Waals surface area (Å²) in [6, 6.07) is 31.7. The predicted octanol–water partition coefficient (Wildman–Crippen LogP) is 8.74. The van der Waals surface area contributed by atoms with Gasteiger partial charge in [-0.25, -0.2) is 9.59 Å². The number of benzene rings is 4. The van der Waals surface area contributed by atoms with E-state index in [2.05, 4.69) is 40.2 Å². The van der Waals surface area contributed by atoms with E-state index < -0.39 is 39.9 Å². The fourth-order valence-electron chi connectivity index (χ4n) is 9.08. The van der Waals surface area contributed by atoms with E-state index in [0.717, 1.165) is 60.1 Å². The molecule has 15 nitrogen and oxygen atoms in total. The molecule has 2 heterocycles. The van der Waals surface area contributed by atoms with Crippen LogP contribution in [0.2, 0.25) is 0 Å². The van der Waals surface area contributed by atoms with Crippen molar-refractivity contribution in [1.29, 1.82) is 0 Å². The van der Waals surface area contributed by atoms with E-state index in [9.17, 15) is 29.3 Å². The lowest BCUT2D eigenvalue weighted by atomic mass is 9.71. The average Bonchev–Trinajstić information content (AvgIpc) is 3.83. The lowest BCUT2D eigenvalue weighted by molar-refractivity contribution is -0.384. The second-order valence-electron chi connectivity index (χ2n) is 16.6. The van der Waals surface area contributed by atoms with Crippen molar-refractivity contribution in [2.75, 3.05) is 25.1 Å². The molecule has 3 amide bonds. The van der Waals surface area contributed by atoms with Crippen LogP contribution in [0.4, 0.5) is 21.0 Å². The largest absolute Gasteiger partial charge is 0.491 e. The first-order chi connectivity index (χ1) is 30.9. The van der Waals surface area contributed by atoms with Gasteiger partial charge in [-0.05, 0) is 77.9 Å². The van der Waals surface area contributed by atoms with E-state index in [1.165, 1.54) is 28.8 Å². The number of aromatic nitrogens is 2. The summed E-state index contributed by atoms with van der Waals surface area (Å²) in [5, 5.41) is 29.7. The molecule has 0 spiro atoms. The van der Waals surface area contributed by atoms with Gasteiger partial charge in [0.25, 0.3) is 5.69 Å². The molecule has 64 heavy (non-hydrogen) atoms. The number of carbonyl (C=O) groups is 4. The Balaban J connectivity index is 1.05. The molecule has 1 atom stereocenters. The molecule has 2 aliphatic rings. The monoisotopic (exact) mass is 864 g/mol. The van der Waals surface area contributed by atoms with Gasteiger partial charge in [-0.1, -0.05) is 86.0 Å². The molecule has 4 aromatic carbocycles.